The van der Waals surface area contributed by atoms with Crippen molar-refractivity contribution >= 4 is 18.3 Å². The van der Waals surface area contributed by atoms with E-state index in [1.807, 2.05) is 0 Å². The van der Waals surface area contributed by atoms with Crippen molar-refractivity contribution in [3.05, 3.63) is 35.1 Å². The molecule has 0 radical (unpaired) electrons. The van der Waals surface area contributed by atoms with Crippen LogP contribution in [0.5, 0.6) is 0 Å². The highest BCUT2D eigenvalue weighted by Gasteiger charge is 2.27. The summed E-state index contributed by atoms with van der Waals surface area (Å²) in [5, 5.41) is 0. The Balaban J connectivity index is 0.00000200. The largest absolute Gasteiger partial charge is 0.334 e. The van der Waals surface area contributed by atoms with E-state index < -0.39 is 23.4 Å². The van der Waals surface area contributed by atoms with Crippen molar-refractivity contribution in [1.29, 1.82) is 0 Å². The third-order valence-corrected chi connectivity index (χ3v) is 3.39. The standard InChI is InChI=1S/C13H15F3N2O.ClH/c14-10-5-8(6-11(15)12(10)16)13(19)18-4-2-1-3-9(18)7-17;/h5-6,9H,1-4,7,17H2;1H. The number of benzene rings is 1. The van der Waals surface area contributed by atoms with Gasteiger partial charge in [-0.2, -0.15) is 0 Å². The quantitative estimate of drug-likeness (QED) is 0.853. The normalized spacial score (nSPS) is 18.6. The Morgan fingerprint density at radius 2 is 1.85 bits per heavy atom. The van der Waals surface area contributed by atoms with Gasteiger partial charge in [0.25, 0.3) is 5.91 Å². The Kier molecular flexibility index (Phi) is 5.83. The average molecular weight is 309 g/mol. The highest BCUT2D eigenvalue weighted by Crippen LogP contribution is 2.21. The van der Waals surface area contributed by atoms with Crippen LogP contribution in [0.3, 0.4) is 0 Å². The molecule has 1 aromatic rings. The highest BCUT2D eigenvalue weighted by molar-refractivity contribution is 5.94. The topological polar surface area (TPSA) is 46.3 Å². The maximum atomic E-state index is 13.1. The van der Waals surface area contributed by atoms with E-state index in [9.17, 15) is 18.0 Å². The second kappa shape index (κ2) is 6.95. The first kappa shape index (κ1) is 16.8. The van der Waals surface area contributed by atoms with E-state index in [-0.39, 0.29) is 24.0 Å². The Morgan fingerprint density at radius 3 is 2.40 bits per heavy atom. The first-order valence-electron chi connectivity index (χ1n) is 6.20. The minimum Gasteiger partial charge on any atom is -0.334 e. The summed E-state index contributed by atoms with van der Waals surface area (Å²) >= 11 is 0. The fraction of sp³-hybridized carbons (Fsp3) is 0.462. The first-order valence-corrected chi connectivity index (χ1v) is 6.20. The maximum absolute atomic E-state index is 13.1. The molecular weight excluding hydrogens is 293 g/mol. The third kappa shape index (κ3) is 3.24. The Labute approximate surface area is 121 Å². The molecule has 1 saturated heterocycles. The molecule has 112 valence electrons. The van der Waals surface area contributed by atoms with Gasteiger partial charge in [-0.3, -0.25) is 4.79 Å². The van der Waals surface area contributed by atoms with Crippen molar-refractivity contribution in [2.24, 2.45) is 5.73 Å². The van der Waals surface area contributed by atoms with Crippen LogP contribution in [0.15, 0.2) is 12.1 Å². The molecule has 2 rings (SSSR count). The second-order valence-electron chi connectivity index (χ2n) is 4.64. The van der Waals surface area contributed by atoms with Crippen LogP contribution < -0.4 is 5.73 Å². The van der Waals surface area contributed by atoms with Gasteiger partial charge in [0.05, 0.1) is 0 Å². The summed E-state index contributed by atoms with van der Waals surface area (Å²) in [4.78, 5) is 13.7. The molecule has 1 atom stereocenters. The molecule has 1 aliphatic heterocycles. The lowest BCUT2D eigenvalue weighted by Gasteiger charge is -2.35. The zero-order valence-electron chi connectivity index (χ0n) is 10.7. The lowest BCUT2D eigenvalue weighted by atomic mass is 10.0. The number of halogens is 4. The van der Waals surface area contributed by atoms with Gasteiger partial charge in [0.15, 0.2) is 17.5 Å². The van der Waals surface area contributed by atoms with E-state index in [2.05, 4.69) is 0 Å². The third-order valence-electron chi connectivity index (χ3n) is 3.39. The minimum atomic E-state index is -1.56. The van der Waals surface area contributed by atoms with Gasteiger partial charge in [0, 0.05) is 24.7 Å². The number of hydrogen-bond acceptors (Lipinski definition) is 2. The van der Waals surface area contributed by atoms with Crippen molar-refractivity contribution in [2.45, 2.75) is 25.3 Å². The molecule has 20 heavy (non-hydrogen) atoms. The first-order chi connectivity index (χ1) is 9.04. The molecular formula is C13H16ClF3N2O. The van der Waals surface area contributed by atoms with Gasteiger partial charge in [-0.25, -0.2) is 13.2 Å². The van der Waals surface area contributed by atoms with Crippen molar-refractivity contribution in [3.63, 3.8) is 0 Å². The SMILES string of the molecule is Cl.NCC1CCCCN1C(=O)c1cc(F)c(F)c(F)c1. The van der Waals surface area contributed by atoms with Gasteiger partial charge in [-0.15, -0.1) is 12.4 Å². The fourth-order valence-electron chi connectivity index (χ4n) is 2.36. The summed E-state index contributed by atoms with van der Waals surface area (Å²) in [6, 6.07) is 1.32. The summed E-state index contributed by atoms with van der Waals surface area (Å²) in [5.41, 5.74) is 5.41. The van der Waals surface area contributed by atoms with Gasteiger partial charge < -0.3 is 10.6 Å². The number of rotatable bonds is 2. The van der Waals surface area contributed by atoms with E-state index in [0.29, 0.717) is 13.1 Å². The van der Waals surface area contributed by atoms with E-state index in [1.54, 1.807) is 0 Å². The number of hydrogen-bond donors (Lipinski definition) is 1. The molecule has 0 saturated carbocycles. The summed E-state index contributed by atoms with van der Waals surface area (Å²) in [6.07, 6.45) is 2.57. The Bertz CT molecular complexity index is 475. The molecule has 1 amide bonds. The zero-order chi connectivity index (χ0) is 14.0. The molecule has 0 aliphatic carbocycles. The molecule has 2 N–H and O–H groups in total. The van der Waals surface area contributed by atoms with Gasteiger partial charge in [-0.05, 0) is 31.4 Å². The van der Waals surface area contributed by atoms with Crippen molar-refractivity contribution in [1.82, 2.24) is 4.90 Å². The lowest BCUT2D eigenvalue weighted by Crippen LogP contribution is -2.47. The Morgan fingerprint density at radius 1 is 1.25 bits per heavy atom. The van der Waals surface area contributed by atoms with Crippen molar-refractivity contribution < 1.29 is 18.0 Å². The van der Waals surface area contributed by atoms with Crippen LogP contribution in [0, 0.1) is 17.5 Å². The Hall–Kier alpha value is -1.27. The molecule has 1 unspecified atom stereocenters. The van der Waals surface area contributed by atoms with Crippen LogP contribution in [0.2, 0.25) is 0 Å². The molecule has 7 heteroatoms. The van der Waals surface area contributed by atoms with Crippen molar-refractivity contribution in [3.8, 4) is 0 Å². The van der Waals surface area contributed by atoms with E-state index in [0.717, 1.165) is 31.4 Å². The molecule has 0 spiro atoms. The number of nitrogens with two attached hydrogens (primary N) is 1. The van der Waals surface area contributed by atoms with Crippen LogP contribution in [0.25, 0.3) is 0 Å². The van der Waals surface area contributed by atoms with Gasteiger partial charge in [0.1, 0.15) is 0 Å². The van der Waals surface area contributed by atoms with E-state index in [1.165, 1.54) is 4.90 Å². The van der Waals surface area contributed by atoms with E-state index >= 15 is 0 Å². The minimum absolute atomic E-state index is 0. The van der Waals surface area contributed by atoms with Crippen LogP contribution in [0.1, 0.15) is 29.6 Å². The average Bonchev–Trinajstić information content (AvgIpc) is 2.43. The molecule has 3 nitrogen and oxygen atoms in total. The fourth-order valence-corrected chi connectivity index (χ4v) is 2.36. The van der Waals surface area contributed by atoms with Crippen LogP contribution >= 0.6 is 12.4 Å². The zero-order valence-corrected chi connectivity index (χ0v) is 11.6. The van der Waals surface area contributed by atoms with Crippen LogP contribution in [-0.4, -0.2) is 29.9 Å². The number of carbonyl (C=O) groups excluding carboxylic acids is 1. The van der Waals surface area contributed by atoms with Gasteiger partial charge in [-0.1, -0.05) is 0 Å². The van der Waals surface area contributed by atoms with Gasteiger partial charge in [0.2, 0.25) is 0 Å². The number of carbonyl (C=O) groups is 1. The van der Waals surface area contributed by atoms with Gasteiger partial charge >= 0.3 is 0 Å². The lowest BCUT2D eigenvalue weighted by molar-refractivity contribution is 0.0622. The number of amides is 1. The highest BCUT2D eigenvalue weighted by atomic mass is 35.5. The number of piperidine rings is 1. The van der Waals surface area contributed by atoms with E-state index in [4.69, 9.17) is 5.73 Å². The van der Waals surface area contributed by atoms with Crippen molar-refractivity contribution in [2.75, 3.05) is 13.1 Å². The molecule has 1 aliphatic rings. The molecule has 0 bridgehead atoms. The number of nitrogens with zero attached hydrogens (tertiary/aromatic N) is 1. The summed E-state index contributed by atoms with van der Waals surface area (Å²) in [6.45, 7) is 0.805. The second-order valence-corrected chi connectivity index (χ2v) is 4.64. The van der Waals surface area contributed by atoms with Crippen LogP contribution in [0.4, 0.5) is 13.2 Å². The smallest absolute Gasteiger partial charge is 0.254 e. The molecule has 1 fully saturated rings. The predicted molar refractivity (Wildman–Crippen MR) is 71.3 cm³/mol. The molecule has 1 aromatic carbocycles. The summed E-state index contributed by atoms with van der Waals surface area (Å²) < 4.78 is 39.1. The summed E-state index contributed by atoms with van der Waals surface area (Å²) in [7, 11) is 0. The summed E-state index contributed by atoms with van der Waals surface area (Å²) in [5.74, 6) is -4.78. The maximum Gasteiger partial charge on any atom is 0.254 e. The monoisotopic (exact) mass is 308 g/mol. The number of likely N-dealkylation sites (tertiary alicyclic amines) is 1. The predicted octanol–water partition coefficient (Wildman–Crippen LogP) is 2.48. The molecule has 0 aromatic heterocycles. The molecule has 1 heterocycles. The van der Waals surface area contributed by atoms with Crippen LogP contribution in [-0.2, 0) is 0 Å².